The van der Waals surface area contributed by atoms with E-state index in [9.17, 15) is 8.42 Å². The van der Waals surface area contributed by atoms with Crippen LogP contribution in [0.1, 0.15) is 6.42 Å². The van der Waals surface area contributed by atoms with Gasteiger partial charge < -0.3 is 5.32 Å². The van der Waals surface area contributed by atoms with Gasteiger partial charge in [0.05, 0.1) is 5.75 Å². The highest BCUT2D eigenvalue weighted by Gasteiger charge is 2.27. The normalized spacial score (nSPS) is 19.8. The van der Waals surface area contributed by atoms with Crippen LogP contribution >= 0.6 is 0 Å². The Kier molecular flexibility index (Phi) is 3.46. The molecule has 88 valence electrons. The first-order chi connectivity index (χ1) is 7.68. The molecule has 2 rings (SSSR count). The molecule has 0 aliphatic carbocycles. The predicted molar refractivity (Wildman–Crippen MR) is 64.9 cm³/mol. The highest BCUT2D eigenvalue weighted by atomic mass is 32.2. The van der Waals surface area contributed by atoms with Crippen LogP contribution in [-0.2, 0) is 10.0 Å². The van der Waals surface area contributed by atoms with Gasteiger partial charge in [-0.15, -0.1) is 0 Å². The summed E-state index contributed by atoms with van der Waals surface area (Å²) in [4.78, 5) is 0. The molecule has 1 aliphatic heterocycles. The Morgan fingerprint density at radius 3 is 2.62 bits per heavy atom. The molecule has 0 saturated carbocycles. The van der Waals surface area contributed by atoms with E-state index in [1.165, 1.54) is 0 Å². The molecule has 1 heterocycles. The van der Waals surface area contributed by atoms with Gasteiger partial charge in [-0.05, 0) is 18.6 Å². The Bertz CT molecular complexity index is 431. The van der Waals surface area contributed by atoms with E-state index in [0.717, 1.165) is 12.1 Å². The number of nitrogens with zero attached hydrogens (tertiary/aromatic N) is 1. The van der Waals surface area contributed by atoms with Crippen LogP contribution in [-0.4, -0.2) is 38.1 Å². The molecule has 1 aromatic carbocycles. The lowest BCUT2D eigenvalue weighted by Crippen LogP contribution is -2.30. The molecule has 1 saturated heterocycles. The molecule has 5 heteroatoms. The van der Waals surface area contributed by atoms with Crippen molar-refractivity contribution in [1.29, 1.82) is 0 Å². The van der Waals surface area contributed by atoms with Crippen molar-refractivity contribution in [3.63, 3.8) is 0 Å². The molecular formula is C11H16N2O2S. The Morgan fingerprint density at radius 2 is 2.00 bits per heavy atom. The Hall–Kier alpha value is -1.07. The fourth-order valence-corrected chi connectivity index (χ4v) is 3.35. The quantitative estimate of drug-likeness (QED) is 0.858. The van der Waals surface area contributed by atoms with Gasteiger partial charge in [0.15, 0.2) is 0 Å². The van der Waals surface area contributed by atoms with Crippen molar-refractivity contribution in [2.75, 3.05) is 30.7 Å². The van der Waals surface area contributed by atoms with E-state index >= 15 is 0 Å². The summed E-state index contributed by atoms with van der Waals surface area (Å²) < 4.78 is 24.6. The molecule has 1 aromatic rings. The zero-order valence-electron chi connectivity index (χ0n) is 9.09. The molecule has 1 aliphatic rings. The minimum absolute atomic E-state index is 0.304. The number of rotatable bonds is 4. The summed E-state index contributed by atoms with van der Waals surface area (Å²) in [5.74, 6) is 0.304. The van der Waals surface area contributed by atoms with Gasteiger partial charge in [-0.1, -0.05) is 18.2 Å². The molecule has 0 bridgehead atoms. The molecule has 0 amide bonds. The van der Waals surface area contributed by atoms with Gasteiger partial charge >= 0.3 is 0 Å². The van der Waals surface area contributed by atoms with Crippen molar-refractivity contribution in [2.24, 2.45) is 0 Å². The third-order valence-electron chi connectivity index (χ3n) is 2.67. The maximum absolute atomic E-state index is 11.5. The van der Waals surface area contributed by atoms with Crippen molar-refractivity contribution in [1.82, 2.24) is 4.31 Å². The largest absolute Gasteiger partial charge is 0.384 e. The zero-order chi connectivity index (χ0) is 11.4. The first-order valence-corrected chi connectivity index (χ1v) is 7.06. The van der Waals surface area contributed by atoms with E-state index in [1.54, 1.807) is 4.31 Å². The van der Waals surface area contributed by atoms with Gasteiger partial charge in [0.1, 0.15) is 0 Å². The summed E-state index contributed by atoms with van der Waals surface area (Å²) in [5.41, 5.74) is 1.03. The minimum Gasteiger partial charge on any atom is -0.384 e. The monoisotopic (exact) mass is 240 g/mol. The van der Waals surface area contributed by atoms with Crippen LogP contribution in [0.4, 0.5) is 5.69 Å². The average molecular weight is 240 g/mol. The summed E-state index contributed by atoms with van der Waals surface area (Å²) in [6, 6.07) is 9.80. The zero-order valence-corrected chi connectivity index (χ0v) is 9.91. The number of para-hydroxylation sites is 1. The topological polar surface area (TPSA) is 49.4 Å². The molecule has 4 nitrogen and oxygen atoms in total. The van der Waals surface area contributed by atoms with E-state index in [-0.39, 0.29) is 0 Å². The van der Waals surface area contributed by atoms with Crippen LogP contribution in [0.3, 0.4) is 0 Å². The van der Waals surface area contributed by atoms with Crippen LogP contribution in [0, 0.1) is 0 Å². The minimum atomic E-state index is -2.95. The fraction of sp³-hybridized carbons (Fsp3) is 0.455. The van der Waals surface area contributed by atoms with Crippen LogP contribution in [0.5, 0.6) is 0 Å². The second-order valence-electron chi connectivity index (χ2n) is 3.86. The first-order valence-electron chi connectivity index (χ1n) is 5.45. The van der Waals surface area contributed by atoms with Gasteiger partial charge in [-0.25, -0.2) is 12.7 Å². The lowest BCUT2D eigenvalue weighted by Gasteiger charge is -2.14. The van der Waals surface area contributed by atoms with Gasteiger partial charge in [-0.2, -0.15) is 0 Å². The molecule has 0 unspecified atom stereocenters. The van der Waals surface area contributed by atoms with E-state index < -0.39 is 10.0 Å². The van der Waals surface area contributed by atoms with Crippen molar-refractivity contribution in [2.45, 2.75) is 6.42 Å². The van der Waals surface area contributed by atoms with Crippen molar-refractivity contribution in [3.05, 3.63) is 30.3 Å². The van der Waals surface area contributed by atoms with Gasteiger partial charge in [-0.3, -0.25) is 0 Å². The molecule has 0 atom stereocenters. The Balaban J connectivity index is 1.81. The van der Waals surface area contributed by atoms with E-state index in [2.05, 4.69) is 5.32 Å². The number of benzene rings is 1. The summed E-state index contributed by atoms with van der Waals surface area (Å²) in [6.07, 6.45) is 0.758. The highest BCUT2D eigenvalue weighted by Crippen LogP contribution is 2.12. The summed E-state index contributed by atoms with van der Waals surface area (Å²) in [5, 5.41) is 3.20. The van der Waals surface area contributed by atoms with E-state index in [1.807, 2.05) is 30.3 Å². The standard InChI is InChI=1S/C11H16N2O2S/c14-16(15)10-4-8-13(16)9-7-12-11-5-2-1-3-6-11/h1-3,5-6,12H,4,7-10H2. The van der Waals surface area contributed by atoms with Crippen molar-refractivity contribution in [3.8, 4) is 0 Å². The highest BCUT2D eigenvalue weighted by molar-refractivity contribution is 7.89. The lowest BCUT2D eigenvalue weighted by atomic mass is 10.3. The van der Waals surface area contributed by atoms with Crippen LogP contribution in [0.25, 0.3) is 0 Å². The lowest BCUT2D eigenvalue weighted by molar-refractivity contribution is 0.456. The second-order valence-corrected chi connectivity index (χ2v) is 5.95. The first kappa shape index (κ1) is 11.4. The molecule has 0 spiro atoms. The van der Waals surface area contributed by atoms with Crippen LogP contribution < -0.4 is 5.32 Å². The number of hydrogen-bond acceptors (Lipinski definition) is 3. The summed E-state index contributed by atoms with van der Waals surface area (Å²) in [6.45, 7) is 1.87. The summed E-state index contributed by atoms with van der Waals surface area (Å²) >= 11 is 0. The molecule has 0 radical (unpaired) electrons. The van der Waals surface area contributed by atoms with Crippen LogP contribution in [0.2, 0.25) is 0 Å². The third-order valence-corrected chi connectivity index (χ3v) is 4.62. The number of nitrogens with one attached hydrogen (secondary N) is 1. The van der Waals surface area contributed by atoms with Gasteiger partial charge in [0.25, 0.3) is 0 Å². The predicted octanol–water partition coefficient (Wildman–Crippen LogP) is 1.13. The number of hydrogen-bond donors (Lipinski definition) is 1. The van der Waals surface area contributed by atoms with Gasteiger partial charge in [0.2, 0.25) is 10.0 Å². The van der Waals surface area contributed by atoms with Gasteiger partial charge in [0, 0.05) is 25.3 Å². The molecule has 0 aromatic heterocycles. The summed E-state index contributed by atoms with van der Waals surface area (Å²) in [7, 11) is -2.95. The third kappa shape index (κ3) is 2.74. The SMILES string of the molecule is O=S1(=O)CCCN1CCNc1ccccc1. The van der Waals surface area contributed by atoms with Crippen molar-refractivity contribution < 1.29 is 8.42 Å². The maximum atomic E-state index is 11.5. The average Bonchev–Trinajstić information content (AvgIpc) is 2.60. The molecule has 1 fully saturated rings. The van der Waals surface area contributed by atoms with E-state index in [0.29, 0.717) is 25.4 Å². The fourth-order valence-electron chi connectivity index (χ4n) is 1.82. The van der Waals surface area contributed by atoms with Crippen LogP contribution in [0.15, 0.2) is 30.3 Å². The molecule has 16 heavy (non-hydrogen) atoms. The maximum Gasteiger partial charge on any atom is 0.214 e. The smallest absolute Gasteiger partial charge is 0.214 e. The van der Waals surface area contributed by atoms with E-state index in [4.69, 9.17) is 0 Å². The number of sulfonamides is 1. The Morgan fingerprint density at radius 1 is 1.25 bits per heavy atom. The van der Waals surface area contributed by atoms with Crippen molar-refractivity contribution >= 4 is 15.7 Å². The second kappa shape index (κ2) is 4.84. The molecular weight excluding hydrogens is 224 g/mol. The Labute approximate surface area is 96.3 Å². The number of anilines is 1. The molecule has 1 N–H and O–H groups in total.